The van der Waals surface area contributed by atoms with Gasteiger partial charge in [-0.15, -0.1) is 0 Å². The summed E-state index contributed by atoms with van der Waals surface area (Å²) < 4.78 is 179. The number of hydrogen-bond acceptors (Lipinski definition) is 7. The molecule has 0 amide bonds. The molecule has 0 aromatic heterocycles. The Morgan fingerprint density at radius 1 is 0.800 bits per heavy atom. The molecule has 0 bridgehead atoms. The van der Waals surface area contributed by atoms with Gasteiger partial charge in [-0.25, -0.2) is 0 Å². The molecule has 0 atom stereocenters. The van der Waals surface area contributed by atoms with Crippen LogP contribution in [0.25, 0.3) is 6.08 Å². The molecule has 2 aromatic rings. The molecule has 2 heterocycles. The van der Waals surface area contributed by atoms with Gasteiger partial charge in [0.05, 0.1) is 0 Å². The molecule has 0 radical (unpaired) electrons. The average Bonchev–Trinajstić information content (AvgIpc) is 3.43. The van der Waals surface area contributed by atoms with Crippen LogP contribution in [0, 0.1) is 10.8 Å². The van der Waals surface area contributed by atoms with Crippen LogP contribution >= 0.6 is 0 Å². The molecule has 0 aliphatic carbocycles. The van der Waals surface area contributed by atoms with Crippen molar-refractivity contribution in [2.75, 3.05) is 13.5 Å². The van der Waals surface area contributed by atoms with Crippen LogP contribution in [0.5, 0.6) is 23.0 Å². The number of aldehydes is 1. The van der Waals surface area contributed by atoms with E-state index in [0.717, 1.165) is 6.08 Å². The van der Waals surface area contributed by atoms with E-state index in [0.29, 0.717) is 30.6 Å². The highest BCUT2D eigenvalue weighted by Gasteiger charge is 2.18. The summed E-state index contributed by atoms with van der Waals surface area (Å²) in [6, 6.07) is 8.45. The van der Waals surface area contributed by atoms with Crippen molar-refractivity contribution in [2.45, 2.75) is 48.0 Å². The fourth-order valence-electron chi connectivity index (χ4n) is 2.07. The third-order valence-electron chi connectivity index (χ3n) is 4.00. The molecule has 2 aliphatic heterocycles. The highest BCUT2D eigenvalue weighted by molar-refractivity contribution is 5.97. The lowest BCUT2D eigenvalue weighted by atomic mass is 9.90. The van der Waals surface area contributed by atoms with E-state index < -0.39 is 77.0 Å². The van der Waals surface area contributed by atoms with E-state index in [1.54, 1.807) is 0 Å². The van der Waals surface area contributed by atoms with Crippen LogP contribution < -0.4 is 18.9 Å². The van der Waals surface area contributed by atoms with Gasteiger partial charge in [0, 0.05) is 41.1 Å². The summed E-state index contributed by atoms with van der Waals surface area (Å²) in [7, 11) is 0. The molecule has 7 nitrogen and oxygen atoms in total. The molecule has 4 rings (SSSR count). The summed E-state index contributed by atoms with van der Waals surface area (Å²) >= 11 is 0. The van der Waals surface area contributed by atoms with Crippen molar-refractivity contribution in [3.05, 3.63) is 53.6 Å². The van der Waals surface area contributed by atoms with Gasteiger partial charge >= 0.3 is 0 Å². The minimum absolute atomic E-state index is 0.00771. The van der Waals surface area contributed by atoms with E-state index in [9.17, 15) is 14.4 Å². The Morgan fingerprint density at radius 2 is 1.29 bits per heavy atom. The Bertz CT molecular complexity index is 1770. The maximum absolute atomic E-state index is 12.6. The number of carbonyl (C=O) groups excluding carboxylic acids is 3. The number of allylic oxidation sites excluding steroid dienone is 1. The Labute approximate surface area is 237 Å². The highest BCUT2D eigenvalue weighted by Crippen LogP contribution is 2.33. The van der Waals surface area contributed by atoms with Gasteiger partial charge in [0.25, 0.3) is 0 Å². The Kier molecular flexibility index (Phi) is 3.27. The van der Waals surface area contributed by atoms with Gasteiger partial charge in [0.15, 0.2) is 28.8 Å². The van der Waals surface area contributed by atoms with Crippen molar-refractivity contribution >= 4 is 23.9 Å². The number of ketones is 2. The first-order valence-corrected chi connectivity index (χ1v) is 9.45. The quantitative estimate of drug-likeness (QED) is 0.380. The van der Waals surface area contributed by atoms with Gasteiger partial charge < -0.3 is 18.9 Å². The lowest BCUT2D eigenvalue weighted by molar-refractivity contribution is -0.124. The van der Waals surface area contributed by atoms with Gasteiger partial charge in [-0.05, 0) is 48.9 Å². The fraction of sp³-hybridized carbons (Fsp3) is 0.393. The average molecular weight is 505 g/mol. The molecule has 2 aliphatic rings. The Morgan fingerprint density at radius 3 is 1.74 bits per heavy atom. The lowest BCUT2D eigenvalue weighted by Gasteiger charge is -2.12. The number of fused-ring (bicyclic) bond motifs is 2. The number of benzene rings is 2. The van der Waals surface area contributed by atoms with Crippen molar-refractivity contribution in [3.63, 3.8) is 0 Å². The first kappa shape index (κ1) is 9.80. The second-order valence-corrected chi connectivity index (χ2v) is 6.86. The zero-order chi connectivity index (χ0) is 44.8. The van der Waals surface area contributed by atoms with Crippen LogP contribution in [0.2, 0.25) is 0 Å². The molecule has 0 saturated heterocycles. The highest BCUT2D eigenvalue weighted by atomic mass is 16.7. The summed E-state index contributed by atoms with van der Waals surface area (Å²) in [5.74, 6) is -2.30. The van der Waals surface area contributed by atoms with Crippen molar-refractivity contribution < 1.29 is 63.5 Å². The summed E-state index contributed by atoms with van der Waals surface area (Å²) in [5.41, 5.74) is -6.28. The minimum Gasteiger partial charge on any atom is -0.454 e. The summed E-state index contributed by atoms with van der Waals surface area (Å²) in [6.07, 6.45) is 2.27. The third kappa shape index (κ3) is 8.59. The van der Waals surface area contributed by atoms with Gasteiger partial charge in [0.1, 0.15) is 17.6 Å². The standard InChI is InChI=1S/C14H16O3.C8H6O3.C6H12O/c1-14(2,3)13(15)7-5-10-4-6-11-12(8-10)17-9-16-11;9-4-6-1-2-7-8(3-6)11-5-10-7;1-5(7)6(2,3)4/h4-8H,9H2,1-3H3;1-4H,5H2;1-4H3/b7-5+;;/i1D3,2D3,3D3,9D2;5D2;2D3,3D3,4D3. The molecule has 188 valence electrons. The van der Waals surface area contributed by atoms with E-state index >= 15 is 0 Å². The van der Waals surface area contributed by atoms with Crippen LogP contribution in [-0.4, -0.2) is 31.3 Å². The predicted molar refractivity (Wildman–Crippen MR) is 134 cm³/mol. The van der Waals surface area contributed by atoms with Crippen molar-refractivity contribution in [3.8, 4) is 23.0 Å². The first-order valence-electron chi connectivity index (χ1n) is 20.5. The predicted octanol–water partition coefficient (Wildman–Crippen LogP) is 5.89. The second-order valence-electron chi connectivity index (χ2n) is 6.86. The molecule has 0 spiro atoms. The van der Waals surface area contributed by atoms with E-state index in [1.165, 1.54) is 36.4 Å². The smallest absolute Gasteiger partial charge is 0.231 e. The molecular weight excluding hydrogens is 448 g/mol. The number of rotatable bonds is 3. The maximum atomic E-state index is 12.6. The number of hydrogen-bond donors (Lipinski definition) is 0. The van der Waals surface area contributed by atoms with E-state index in [2.05, 4.69) is 0 Å². The van der Waals surface area contributed by atoms with Gasteiger partial charge in [0.2, 0.25) is 13.5 Å². The zero-order valence-electron chi connectivity index (χ0n) is 40.1. The van der Waals surface area contributed by atoms with Crippen LogP contribution in [0.1, 0.15) is 94.1 Å². The normalized spacial score (nSPS) is 27.7. The Balaban J connectivity index is 0.000000326. The van der Waals surface area contributed by atoms with Crippen molar-refractivity contribution in [1.82, 2.24) is 0 Å². The zero-order valence-corrected chi connectivity index (χ0v) is 18.1. The topological polar surface area (TPSA) is 88.1 Å². The summed E-state index contributed by atoms with van der Waals surface area (Å²) in [5, 5.41) is 0. The minimum atomic E-state index is -3.63. The van der Waals surface area contributed by atoms with Crippen LogP contribution in [0.3, 0.4) is 0 Å². The fourth-order valence-corrected chi connectivity index (χ4v) is 2.07. The van der Waals surface area contributed by atoms with E-state index in [1.807, 2.05) is 0 Å². The summed E-state index contributed by atoms with van der Waals surface area (Å²) in [6.45, 7) is -25.0. The molecule has 35 heavy (non-hydrogen) atoms. The monoisotopic (exact) mass is 504 g/mol. The molecule has 0 unspecified atom stereocenters. The molecular formula is C28H34O7. The largest absolute Gasteiger partial charge is 0.454 e. The molecule has 7 heteroatoms. The first-order chi connectivity index (χ1) is 25.2. The number of carbonyl (C=O) groups is 3. The van der Waals surface area contributed by atoms with Gasteiger partial charge in [-0.1, -0.05) is 53.3 Å². The Hall–Kier alpha value is -3.61. The summed E-state index contributed by atoms with van der Waals surface area (Å²) in [4.78, 5) is 34.3. The maximum Gasteiger partial charge on any atom is 0.231 e. The van der Waals surface area contributed by atoms with Crippen LogP contribution in [0.4, 0.5) is 0 Å². The van der Waals surface area contributed by atoms with Gasteiger partial charge in [-0.2, -0.15) is 0 Å². The van der Waals surface area contributed by atoms with E-state index in [-0.39, 0.29) is 22.8 Å². The molecule has 2 aromatic carbocycles. The second kappa shape index (κ2) is 11.7. The third-order valence-corrected chi connectivity index (χ3v) is 4.00. The number of Topliss-reactive ketones (excluding diaryl/α,β-unsaturated/α-hetero) is 1. The lowest BCUT2D eigenvalue weighted by Crippen LogP contribution is -2.17. The van der Waals surface area contributed by atoms with Gasteiger partial charge in [-0.3, -0.25) is 14.4 Å². The molecule has 0 saturated carbocycles. The van der Waals surface area contributed by atoms with Crippen LogP contribution in [0.15, 0.2) is 42.5 Å². The molecule has 0 N–H and O–H groups in total. The van der Waals surface area contributed by atoms with Crippen molar-refractivity contribution in [1.29, 1.82) is 0 Å². The van der Waals surface area contributed by atoms with E-state index in [4.69, 9.17) is 49.1 Å². The van der Waals surface area contributed by atoms with Crippen molar-refractivity contribution in [2.24, 2.45) is 10.8 Å². The van der Waals surface area contributed by atoms with Crippen LogP contribution in [-0.2, 0) is 9.59 Å². The molecule has 0 fully saturated rings. The number of ether oxygens (including phenoxy) is 4. The SMILES string of the molecule is [2H]C([2H])([2H])C(C(C)=O)(C([2H])([2H])[2H])C([2H])([2H])[2H].[2H]C1([2H])Oc2ccc(/C=C/C(=O)C(C([2H])([2H])[2H])(C([2H])([2H])[2H])C([2H])([2H])[2H])cc2O1.[2H]C1([2H])Oc2ccc(C=O)cc2O1.